The van der Waals surface area contributed by atoms with Gasteiger partial charge in [0.25, 0.3) is 6.47 Å². The predicted octanol–water partition coefficient (Wildman–Crippen LogP) is 3.61. The highest BCUT2D eigenvalue weighted by molar-refractivity contribution is 5.94. The van der Waals surface area contributed by atoms with Crippen molar-refractivity contribution in [3.8, 4) is 11.5 Å². The molecule has 5 aromatic rings. The summed E-state index contributed by atoms with van der Waals surface area (Å²) in [6.45, 7) is -0.608. The maximum atomic E-state index is 14.3. The van der Waals surface area contributed by atoms with Gasteiger partial charge in [0, 0.05) is 18.2 Å². The van der Waals surface area contributed by atoms with E-state index in [0.717, 1.165) is 4.90 Å². The Morgan fingerprint density at radius 2 is 1.50 bits per heavy atom. The Bertz CT molecular complexity index is 1670. The van der Waals surface area contributed by atoms with Crippen LogP contribution in [0.5, 0.6) is 0 Å². The molecule has 3 aromatic heterocycles. The summed E-state index contributed by atoms with van der Waals surface area (Å²) in [7, 11) is 0. The standard InChI is InChI=1S/C25H20F2N8O2.CH2O2/c26-16-8-3-1-6-14(16)12-19-31-20(18-10-5-11-30-35(18)19)24-32-22(28)21(23(29)33-24)34(25(36)37)13-15-7-2-4-9-17(15)27;2-1-3/h1-11H,12-13H2,(H,36,37)(H4,28,29,32,33);1H,(H,2,3). The van der Waals surface area contributed by atoms with Crippen LogP contribution in [0.4, 0.5) is 30.9 Å². The minimum Gasteiger partial charge on any atom is -0.483 e. The van der Waals surface area contributed by atoms with Crippen molar-refractivity contribution in [1.29, 1.82) is 0 Å². The van der Waals surface area contributed by atoms with Gasteiger partial charge < -0.3 is 21.7 Å². The molecule has 0 saturated heterocycles. The Kier molecular flexibility index (Phi) is 8.08. The molecule has 0 aliphatic rings. The van der Waals surface area contributed by atoms with E-state index in [1.165, 1.54) is 28.8 Å². The van der Waals surface area contributed by atoms with Gasteiger partial charge >= 0.3 is 6.09 Å². The average molecular weight is 549 g/mol. The van der Waals surface area contributed by atoms with Crippen LogP contribution in [0.3, 0.4) is 0 Å². The lowest BCUT2D eigenvalue weighted by Gasteiger charge is -2.22. The highest BCUT2D eigenvalue weighted by Crippen LogP contribution is 2.33. The summed E-state index contributed by atoms with van der Waals surface area (Å²) >= 11 is 0. The highest BCUT2D eigenvalue weighted by atomic mass is 19.1. The highest BCUT2D eigenvalue weighted by Gasteiger charge is 2.26. The first-order valence-corrected chi connectivity index (χ1v) is 11.6. The lowest BCUT2D eigenvalue weighted by atomic mass is 10.1. The third-order valence-electron chi connectivity index (χ3n) is 5.72. The number of benzene rings is 2. The number of carbonyl (C=O) groups is 2. The van der Waals surface area contributed by atoms with Crippen molar-refractivity contribution in [2.45, 2.75) is 13.0 Å². The van der Waals surface area contributed by atoms with E-state index in [9.17, 15) is 18.7 Å². The number of nitrogens with two attached hydrogens (primary N) is 2. The van der Waals surface area contributed by atoms with Crippen molar-refractivity contribution in [2.24, 2.45) is 0 Å². The molecule has 0 aliphatic carbocycles. The summed E-state index contributed by atoms with van der Waals surface area (Å²) < 4.78 is 30.0. The Balaban J connectivity index is 0.00000118. The molecule has 5 rings (SSSR count). The van der Waals surface area contributed by atoms with E-state index in [-0.39, 0.29) is 59.7 Å². The van der Waals surface area contributed by atoms with E-state index in [1.807, 2.05) is 0 Å². The minimum absolute atomic E-state index is 0.0280. The fourth-order valence-corrected chi connectivity index (χ4v) is 3.99. The van der Waals surface area contributed by atoms with Gasteiger partial charge in [-0.2, -0.15) is 5.10 Å². The molecule has 6 N–H and O–H groups in total. The molecule has 0 saturated carbocycles. The molecule has 2 aromatic carbocycles. The van der Waals surface area contributed by atoms with E-state index in [1.54, 1.807) is 42.6 Å². The van der Waals surface area contributed by atoms with Gasteiger partial charge in [-0.05, 0) is 29.8 Å². The van der Waals surface area contributed by atoms with Crippen molar-refractivity contribution in [3.63, 3.8) is 0 Å². The minimum atomic E-state index is -1.41. The van der Waals surface area contributed by atoms with Gasteiger partial charge in [0.1, 0.15) is 28.8 Å². The molecule has 40 heavy (non-hydrogen) atoms. The quantitative estimate of drug-likeness (QED) is 0.228. The first-order chi connectivity index (χ1) is 19.2. The number of amides is 1. The van der Waals surface area contributed by atoms with Gasteiger partial charge in [-0.1, -0.05) is 36.4 Å². The third-order valence-corrected chi connectivity index (χ3v) is 5.72. The van der Waals surface area contributed by atoms with Gasteiger partial charge in [-0.3, -0.25) is 9.69 Å². The second kappa shape index (κ2) is 11.8. The summed E-state index contributed by atoms with van der Waals surface area (Å²) in [6.07, 6.45) is 0.286. The van der Waals surface area contributed by atoms with Crippen LogP contribution in [0.1, 0.15) is 17.0 Å². The Labute approximate surface area is 225 Å². The number of halogens is 2. The molecule has 14 heteroatoms. The van der Waals surface area contributed by atoms with E-state index in [4.69, 9.17) is 21.4 Å². The van der Waals surface area contributed by atoms with Gasteiger partial charge in [-0.25, -0.2) is 33.0 Å². The summed E-state index contributed by atoms with van der Waals surface area (Å²) in [5.41, 5.74) is 13.5. The molecular formula is C26H22F2N8O4. The molecule has 0 unspecified atom stereocenters. The van der Waals surface area contributed by atoms with Crippen molar-refractivity contribution in [3.05, 3.63) is 95.4 Å². The zero-order valence-electron chi connectivity index (χ0n) is 20.6. The fourth-order valence-electron chi connectivity index (χ4n) is 3.99. The predicted molar refractivity (Wildman–Crippen MR) is 141 cm³/mol. The maximum Gasteiger partial charge on any atom is 0.412 e. The van der Waals surface area contributed by atoms with Crippen molar-refractivity contribution in [2.75, 3.05) is 16.4 Å². The number of hydrogen-bond acceptors (Lipinski definition) is 8. The summed E-state index contributed by atoms with van der Waals surface area (Å²) in [4.78, 5) is 34.3. The summed E-state index contributed by atoms with van der Waals surface area (Å²) in [5, 5.41) is 21.0. The van der Waals surface area contributed by atoms with Crippen LogP contribution in [-0.4, -0.2) is 47.3 Å². The van der Waals surface area contributed by atoms with Crippen LogP contribution in [0.25, 0.3) is 17.0 Å². The van der Waals surface area contributed by atoms with Crippen LogP contribution >= 0.6 is 0 Å². The average Bonchev–Trinajstić information content (AvgIpc) is 3.29. The lowest BCUT2D eigenvalue weighted by molar-refractivity contribution is -0.122. The van der Waals surface area contributed by atoms with Crippen LogP contribution in [0, 0.1) is 11.6 Å². The topological polar surface area (TPSA) is 186 Å². The van der Waals surface area contributed by atoms with Crippen molar-refractivity contribution >= 4 is 35.4 Å². The Hall–Kier alpha value is -5.66. The number of anilines is 3. The molecule has 3 heterocycles. The molecule has 12 nitrogen and oxygen atoms in total. The maximum absolute atomic E-state index is 14.3. The fraction of sp³-hybridized carbons (Fsp3) is 0.0769. The molecule has 0 aliphatic heterocycles. The van der Waals surface area contributed by atoms with Crippen molar-refractivity contribution < 1.29 is 28.6 Å². The van der Waals surface area contributed by atoms with E-state index in [0.29, 0.717) is 16.9 Å². The van der Waals surface area contributed by atoms with Gasteiger partial charge in [-0.15, -0.1) is 0 Å². The number of hydrogen-bond donors (Lipinski definition) is 4. The zero-order chi connectivity index (χ0) is 28.8. The monoisotopic (exact) mass is 548 g/mol. The second-order valence-corrected chi connectivity index (χ2v) is 8.20. The lowest BCUT2D eigenvalue weighted by Crippen LogP contribution is -2.31. The largest absolute Gasteiger partial charge is 0.483 e. The Morgan fingerprint density at radius 1 is 0.925 bits per heavy atom. The molecule has 0 atom stereocenters. The van der Waals surface area contributed by atoms with Crippen LogP contribution in [-0.2, 0) is 17.8 Å². The SMILES string of the molecule is Nc1nc(-c2nc(Cc3ccccc3F)n3ncccc23)nc(N)c1N(Cc1ccccc1F)C(=O)O.O=CO. The molecule has 0 fully saturated rings. The smallest absolute Gasteiger partial charge is 0.412 e. The number of nitrogens with zero attached hydrogens (tertiary/aromatic N) is 6. The van der Waals surface area contributed by atoms with Crippen LogP contribution < -0.4 is 16.4 Å². The number of aromatic nitrogens is 5. The first-order valence-electron chi connectivity index (χ1n) is 11.6. The van der Waals surface area contributed by atoms with Gasteiger partial charge in [0.2, 0.25) is 0 Å². The summed E-state index contributed by atoms with van der Waals surface area (Å²) in [5.74, 6) is -0.978. The second-order valence-electron chi connectivity index (χ2n) is 8.20. The first kappa shape index (κ1) is 27.4. The molecule has 0 radical (unpaired) electrons. The van der Waals surface area contributed by atoms with Crippen LogP contribution in [0.15, 0.2) is 66.9 Å². The number of rotatable bonds is 6. The normalized spacial score (nSPS) is 10.6. The molecule has 204 valence electrons. The van der Waals surface area contributed by atoms with Gasteiger partial charge in [0.15, 0.2) is 17.5 Å². The summed E-state index contributed by atoms with van der Waals surface area (Å²) in [6, 6.07) is 15.5. The van der Waals surface area contributed by atoms with Crippen LogP contribution in [0.2, 0.25) is 0 Å². The van der Waals surface area contributed by atoms with Gasteiger partial charge in [0.05, 0.1) is 12.1 Å². The van der Waals surface area contributed by atoms with E-state index >= 15 is 0 Å². The third kappa shape index (κ3) is 5.60. The number of carboxylic acid groups (broad SMARTS) is 2. The van der Waals surface area contributed by atoms with E-state index in [2.05, 4.69) is 20.1 Å². The Morgan fingerprint density at radius 3 is 2.08 bits per heavy atom. The molecule has 1 amide bonds. The van der Waals surface area contributed by atoms with E-state index < -0.39 is 11.9 Å². The molecular weight excluding hydrogens is 526 g/mol. The molecule has 0 bridgehead atoms. The number of fused-ring (bicyclic) bond motifs is 1. The van der Waals surface area contributed by atoms with Crippen molar-refractivity contribution in [1.82, 2.24) is 24.6 Å². The molecule has 0 spiro atoms. The zero-order valence-corrected chi connectivity index (χ0v) is 20.6. The number of nitrogen functional groups attached to an aromatic ring is 2. The number of imidazole rings is 1.